The molecule has 1 aliphatic heterocycles. The number of amides is 1. The number of hydrogen-bond donors (Lipinski definition) is 0. The maximum absolute atomic E-state index is 12.9. The Morgan fingerprint density at radius 1 is 1.07 bits per heavy atom. The lowest BCUT2D eigenvalue weighted by atomic mass is 10.2. The van der Waals surface area contributed by atoms with Crippen LogP contribution in [0.15, 0.2) is 54.6 Å². The number of methoxy groups -OCH3 is 1. The molecule has 0 atom stereocenters. The standard InChI is InChI=1S/C21H21N3O3/c1-15-7-9-17(10-8-15)23-11-12-24-18(21(23)25)13-20(22-24)27-14-16-5-3-4-6-19(16)26-2/h3-10,13H,11-12,14H2,1-2H3. The molecule has 2 heterocycles. The Morgan fingerprint density at radius 2 is 1.85 bits per heavy atom. The van der Waals surface area contributed by atoms with Gasteiger partial charge in [-0.15, -0.1) is 5.10 Å². The highest BCUT2D eigenvalue weighted by atomic mass is 16.5. The Bertz CT molecular complexity index is 963. The number of para-hydroxylation sites is 1. The molecule has 27 heavy (non-hydrogen) atoms. The normalized spacial score (nSPS) is 13.4. The number of benzene rings is 2. The second-order valence-electron chi connectivity index (χ2n) is 6.48. The van der Waals surface area contributed by atoms with E-state index in [-0.39, 0.29) is 5.91 Å². The molecule has 3 aromatic rings. The first kappa shape index (κ1) is 17.1. The number of aromatic nitrogens is 2. The number of carbonyl (C=O) groups excluding carboxylic acids is 1. The molecule has 0 aliphatic carbocycles. The van der Waals surface area contributed by atoms with Crippen LogP contribution in [-0.4, -0.2) is 29.3 Å². The molecule has 0 fully saturated rings. The minimum Gasteiger partial charge on any atom is -0.496 e. The molecule has 0 radical (unpaired) electrons. The Morgan fingerprint density at radius 3 is 2.63 bits per heavy atom. The van der Waals surface area contributed by atoms with E-state index in [0.29, 0.717) is 31.3 Å². The molecular formula is C21H21N3O3. The number of rotatable bonds is 5. The molecular weight excluding hydrogens is 342 g/mol. The summed E-state index contributed by atoms with van der Waals surface area (Å²) in [6, 6.07) is 17.3. The van der Waals surface area contributed by atoms with Crippen LogP contribution in [-0.2, 0) is 13.2 Å². The number of carbonyl (C=O) groups is 1. The molecule has 0 spiro atoms. The summed E-state index contributed by atoms with van der Waals surface area (Å²) in [6.45, 7) is 3.58. The second-order valence-corrected chi connectivity index (χ2v) is 6.48. The van der Waals surface area contributed by atoms with Crippen LogP contribution in [0.2, 0.25) is 0 Å². The average Bonchev–Trinajstić information content (AvgIpc) is 3.12. The van der Waals surface area contributed by atoms with Gasteiger partial charge in [0.05, 0.1) is 13.7 Å². The van der Waals surface area contributed by atoms with Gasteiger partial charge in [0.1, 0.15) is 18.1 Å². The van der Waals surface area contributed by atoms with Crippen molar-refractivity contribution in [3.8, 4) is 11.6 Å². The lowest BCUT2D eigenvalue weighted by Crippen LogP contribution is -2.40. The minimum absolute atomic E-state index is 0.0651. The molecule has 138 valence electrons. The molecule has 2 aromatic carbocycles. The Hall–Kier alpha value is -3.28. The van der Waals surface area contributed by atoms with E-state index in [2.05, 4.69) is 5.10 Å². The van der Waals surface area contributed by atoms with E-state index in [0.717, 1.165) is 17.0 Å². The first-order valence-electron chi connectivity index (χ1n) is 8.87. The molecule has 0 unspecified atom stereocenters. The SMILES string of the molecule is COc1ccccc1COc1cc2n(n1)CCN(c1ccc(C)cc1)C2=O. The summed E-state index contributed by atoms with van der Waals surface area (Å²) in [4.78, 5) is 14.7. The van der Waals surface area contributed by atoms with Gasteiger partial charge in [-0.3, -0.25) is 9.48 Å². The van der Waals surface area contributed by atoms with E-state index in [1.165, 1.54) is 5.56 Å². The van der Waals surface area contributed by atoms with Gasteiger partial charge in [0.2, 0.25) is 5.88 Å². The van der Waals surface area contributed by atoms with Crippen LogP contribution in [0.25, 0.3) is 0 Å². The number of hydrogen-bond acceptors (Lipinski definition) is 4. The van der Waals surface area contributed by atoms with E-state index in [1.54, 1.807) is 22.8 Å². The van der Waals surface area contributed by atoms with Gasteiger partial charge in [-0.25, -0.2) is 0 Å². The topological polar surface area (TPSA) is 56.6 Å². The molecule has 0 saturated heterocycles. The molecule has 6 heteroatoms. The smallest absolute Gasteiger partial charge is 0.276 e. The van der Waals surface area contributed by atoms with Gasteiger partial charge in [-0.05, 0) is 25.1 Å². The quantitative estimate of drug-likeness (QED) is 0.697. The van der Waals surface area contributed by atoms with Gasteiger partial charge in [0, 0.05) is 23.9 Å². The Labute approximate surface area is 157 Å². The third kappa shape index (κ3) is 3.38. The van der Waals surface area contributed by atoms with Crippen LogP contribution in [0.1, 0.15) is 21.6 Å². The average molecular weight is 363 g/mol. The van der Waals surface area contributed by atoms with E-state index in [9.17, 15) is 4.79 Å². The zero-order valence-corrected chi connectivity index (χ0v) is 15.4. The molecule has 4 rings (SSSR count). The summed E-state index contributed by atoms with van der Waals surface area (Å²) in [7, 11) is 1.63. The minimum atomic E-state index is -0.0651. The monoisotopic (exact) mass is 363 g/mol. The number of anilines is 1. The van der Waals surface area contributed by atoms with E-state index in [1.807, 2.05) is 55.5 Å². The molecule has 6 nitrogen and oxygen atoms in total. The maximum atomic E-state index is 12.9. The van der Waals surface area contributed by atoms with Gasteiger partial charge in [0.25, 0.3) is 5.91 Å². The molecule has 0 saturated carbocycles. The Kier molecular flexibility index (Phi) is 4.54. The molecule has 1 aromatic heterocycles. The predicted molar refractivity (Wildman–Crippen MR) is 102 cm³/mol. The highest BCUT2D eigenvalue weighted by Gasteiger charge is 2.28. The number of fused-ring (bicyclic) bond motifs is 1. The van der Waals surface area contributed by atoms with Crippen LogP contribution >= 0.6 is 0 Å². The van der Waals surface area contributed by atoms with Crippen molar-refractivity contribution < 1.29 is 14.3 Å². The summed E-state index contributed by atoms with van der Waals surface area (Å²) < 4.78 is 12.9. The highest BCUT2D eigenvalue weighted by molar-refractivity contribution is 6.05. The number of nitrogens with zero attached hydrogens (tertiary/aromatic N) is 3. The summed E-state index contributed by atoms with van der Waals surface area (Å²) >= 11 is 0. The van der Waals surface area contributed by atoms with Crippen molar-refractivity contribution in [2.45, 2.75) is 20.1 Å². The highest BCUT2D eigenvalue weighted by Crippen LogP contribution is 2.25. The van der Waals surface area contributed by atoms with E-state index in [4.69, 9.17) is 9.47 Å². The van der Waals surface area contributed by atoms with Gasteiger partial charge in [-0.1, -0.05) is 35.9 Å². The number of aryl methyl sites for hydroxylation is 1. The first-order valence-corrected chi connectivity index (χ1v) is 8.87. The van der Waals surface area contributed by atoms with Crippen molar-refractivity contribution in [2.75, 3.05) is 18.6 Å². The zero-order chi connectivity index (χ0) is 18.8. The van der Waals surface area contributed by atoms with Gasteiger partial charge in [0.15, 0.2) is 0 Å². The van der Waals surface area contributed by atoms with Crippen molar-refractivity contribution in [3.63, 3.8) is 0 Å². The fraction of sp³-hybridized carbons (Fsp3) is 0.238. The summed E-state index contributed by atoms with van der Waals surface area (Å²) in [5, 5.41) is 4.42. The van der Waals surface area contributed by atoms with Crippen molar-refractivity contribution in [1.29, 1.82) is 0 Å². The summed E-state index contributed by atoms with van der Waals surface area (Å²) in [5.41, 5.74) is 3.53. The largest absolute Gasteiger partial charge is 0.496 e. The summed E-state index contributed by atoms with van der Waals surface area (Å²) in [5.74, 6) is 1.14. The van der Waals surface area contributed by atoms with Gasteiger partial charge < -0.3 is 14.4 Å². The third-order valence-electron chi connectivity index (χ3n) is 4.67. The maximum Gasteiger partial charge on any atom is 0.276 e. The fourth-order valence-corrected chi connectivity index (χ4v) is 3.19. The van der Waals surface area contributed by atoms with Crippen molar-refractivity contribution in [1.82, 2.24) is 9.78 Å². The van der Waals surface area contributed by atoms with E-state index >= 15 is 0 Å². The van der Waals surface area contributed by atoms with E-state index < -0.39 is 0 Å². The molecule has 0 bridgehead atoms. The van der Waals surface area contributed by atoms with Gasteiger partial charge in [-0.2, -0.15) is 0 Å². The van der Waals surface area contributed by atoms with Crippen LogP contribution in [0.5, 0.6) is 11.6 Å². The molecule has 0 N–H and O–H groups in total. The predicted octanol–water partition coefficient (Wildman–Crippen LogP) is 3.44. The van der Waals surface area contributed by atoms with Gasteiger partial charge >= 0.3 is 0 Å². The van der Waals surface area contributed by atoms with Crippen molar-refractivity contribution >= 4 is 11.6 Å². The third-order valence-corrected chi connectivity index (χ3v) is 4.67. The zero-order valence-electron chi connectivity index (χ0n) is 15.4. The van der Waals surface area contributed by atoms with Crippen LogP contribution in [0, 0.1) is 6.92 Å². The lowest BCUT2D eigenvalue weighted by molar-refractivity contribution is 0.0962. The second kappa shape index (κ2) is 7.15. The molecule has 1 aliphatic rings. The first-order chi connectivity index (χ1) is 13.2. The fourth-order valence-electron chi connectivity index (χ4n) is 3.19. The summed E-state index contributed by atoms with van der Waals surface area (Å²) in [6.07, 6.45) is 0. The number of ether oxygens (including phenoxy) is 2. The van der Waals surface area contributed by atoms with Crippen LogP contribution in [0.4, 0.5) is 5.69 Å². The van der Waals surface area contributed by atoms with Crippen LogP contribution in [0.3, 0.4) is 0 Å². The Balaban J connectivity index is 1.51. The van der Waals surface area contributed by atoms with Crippen LogP contribution < -0.4 is 14.4 Å². The lowest BCUT2D eigenvalue weighted by Gasteiger charge is -2.27. The van der Waals surface area contributed by atoms with Crippen molar-refractivity contribution in [3.05, 3.63) is 71.4 Å². The molecule has 1 amide bonds. The van der Waals surface area contributed by atoms with Crippen molar-refractivity contribution in [2.24, 2.45) is 0 Å².